The molecule has 11 heteroatoms. The fourth-order valence-electron chi connectivity index (χ4n) is 3.54. The van der Waals surface area contributed by atoms with E-state index in [-0.39, 0.29) is 17.2 Å². The molecule has 1 atom stereocenters. The molecule has 2 heterocycles. The van der Waals surface area contributed by atoms with Gasteiger partial charge < -0.3 is 10.3 Å². The van der Waals surface area contributed by atoms with Gasteiger partial charge in [0.15, 0.2) is 5.82 Å². The third-order valence-corrected chi connectivity index (χ3v) is 5.66. The molecule has 0 saturated heterocycles. The number of benzene rings is 1. The van der Waals surface area contributed by atoms with E-state index in [1.807, 2.05) is 4.72 Å². The molecule has 1 amide bonds. The second kappa shape index (κ2) is 7.88. The highest BCUT2D eigenvalue weighted by Crippen LogP contribution is 2.42. The SMILES string of the molecule is CS(=O)(=O)NC(=O)c1ccc(Nc2nn([C@@H](CC#N)C3CC3)c3cc[nH]c(=O)c23)cc1. The number of pyridine rings is 1. The van der Waals surface area contributed by atoms with Gasteiger partial charge in [-0.1, -0.05) is 0 Å². The topological polar surface area (TPSA) is 150 Å². The van der Waals surface area contributed by atoms with Crippen molar-refractivity contribution in [2.75, 3.05) is 11.6 Å². The summed E-state index contributed by atoms with van der Waals surface area (Å²) in [7, 11) is -3.66. The largest absolute Gasteiger partial charge is 0.338 e. The normalized spacial score (nSPS) is 14.7. The van der Waals surface area contributed by atoms with Crippen molar-refractivity contribution < 1.29 is 13.2 Å². The van der Waals surface area contributed by atoms with Gasteiger partial charge in [0.2, 0.25) is 10.0 Å². The molecule has 1 aliphatic carbocycles. The molecule has 1 aliphatic rings. The smallest absolute Gasteiger partial charge is 0.264 e. The molecule has 160 valence electrons. The summed E-state index contributed by atoms with van der Waals surface area (Å²) in [5, 5.41) is 17.3. The van der Waals surface area contributed by atoms with Gasteiger partial charge in [0.05, 0.1) is 30.3 Å². The van der Waals surface area contributed by atoms with Crippen LogP contribution in [-0.2, 0) is 10.0 Å². The number of fused-ring (bicyclic) bond motifs is 1. The number of nitriles is 1. The van der Waals surface area contributed by atoms with Crippen LogP contribution < -0.4 is 15.6 Å². The van der Waals surface area contributed by atoms with Crippen LogP contribution in [0.4, 0.5) is 11.5 Å². The lowest BCUT2D eigenvalue weighted by Crippen LogP contribution is -2.29. The van der Waals surface area contributed by atoms with Crippen LogP contribution in [0.15, 0.2) is 41.3 Å². The number of aromatic nitrogens is 3. The van der Waals surface area contributed by atoms with E-state index in [1.165, 1.54) is 12.1 Å². The summed E-state index contributed by atoms with van der Waals surface area (Å²) in [6.07, 6.45) is 4.81. The van der Waals surface area contributed by atoms with Crippen LogP contribution in [0.5, 0.6) is 0 Å². The Morgan fingerprint density at radius 2 is 2.03 bits per heavy atom. The standard InChI is InChI=1S/C20H20N6O4S/c1-31(29,30)25-19(27)13-4-6-14(7-5-13)23-18-17-16(9-11-22-20(17)28)26(24-18)15(8-10-21)12-2-3-12/h4-7,9,11-12,15H,2-3,8H2,1H3,(H,22,28)(H,23,24)(H,25,27)/t15-/m0/s1. The van der Waals surface area contributed by atoms with Crippen LogP contribution in [0, 0.1) is 17.2 Å². The van der Waals surface area contributed by atoms with Crippen LogP contribution in [0.25, 0.3) is 10.9 Å². The van der Waals surface area contributed by atoms with Gasteiger partial charge in [-0.25, -0.2) is 13.1 Å². The molecule has 0 unspecified atom stereocenters. The van der Waals surface area contributed by atoms with Crippen molar-refractivity contribution in [3.05, 3.63) is 52.4 Å². The van der Waals surface area contributed by atoms with E-state index in [9.17, 15) is 23.3 Å². The number of amides is 1. The zero-order valence-electron chi connectivity index (χ0n) is 16.6. The zero-order chi connectivity index (χ0) is 22.2. The number of H-pyrrole nitrogens is 1. The Morgan fingerprint density at radius 3 is 2.65 bits per heavy atom. The molecule has 1 fully saturated rings. The zero-order valence-corrected chi connectivity index (χ0v) is 17.4. The molecule has 3 aromatic rings. The Bertz CT molecular complexity index is 1350. The summed E-state index contributed by atoms with van der Waals surface area (Å²) < 4.78 is 26.1. The molecule has 31 heavy (non-hydrogen) atoms. The average molecular weight is 440 g/mol. The first-order valence-corrected chi connectivity index (χ1v) is 11.5. The van der Waals surface area contributed by atoms with Crippen molar-refractivity contribution in [3.63, 3.8) is 0 Å². The molecular weight excluding hydrogens is 420 g/mol. The first-order chi connectivity index (χ1) is 14.8. The number of rotatable bonds is 7. The van der Waals surface area contributed by atoms with Gasteiger partial charge in [-0.05, 0) is 49.1 Å². The number of nitrogens with one attached hydrogen (secondary N) is 3. The fourth-order valence-corrected chi connectivity index (χ4v) is 3.99. The third kappa shape index (κ3) is 4.44. The summed E-state index contributed by atoms with van der Waals surface area (Å²) in [5.41, 5.74) is 1.07. The number of aromatic amines is 1. The molecule has 0 radical (unpaired) electrons. The Hall–Kier alpha value is -3.65. The van der Waals surface area contributed by atoms with Gasteiger partial charge in [-0.3, -0.25) is 14.3 Å². The van der Waals surface area contributed by atoms with Crippen molar-refractivity contribution in [3.8, 4) is 6.07 Å². The van der Waals surface area contributed by atoms with Gasteiger partial charge in [-0.2, -0.15) is 10.4 Å². The van der Waals surface area contributed by atoms with Crippen LogP contribution in [0.3, 0.4) is 0 Å². The van der Waals surface area contributed by atoms with Gasteiger partial charge in [0.25, 0.3) is 11.5 Å². The van der Waals surface area contributed by atoms with Crippen molar-refractivity contribution in [1.82, 2.24) is 19.5 Å². The minimum absolute atomic E-state index is 0.105. The Morgan fingerprint density at radius 1 is 1.32 bits per heavy atom. The maximum atomic E-state index is 12.5. The molecule has 2 aromatic heterocycles. The van der Waals surface area contributed by atoms with Crippen LogP contribution >= 0.6 is 0 Å². The lowest BCUT2D eigenvalue weighted by molar-refractivity contribution is 0.0981. The fraction of sp³-hybridized carbons (Fsp3) is 0.300. The van der Waals surface area contributed by atoms with Crippen molar-refractivity contribution in [1.29, 1.82) is 5.26 Å². The van der Waals surface area contributed by atoms with E-state index in [4.69, 9.17) is 0 Å². The van der Waals surface area contributed by atoms with E-state index < -0.39 is 15.9 Å². The number of hydrogen-bond donors (Lipinski definition) is 3. The van der Waals surface area contributed by atoms with E-state index in [1.54, 1.807) is 29.1 Å². The van der Waals surface area contributed by atoms with Crippen LogP contribution in [-0.4, -0.2) is 35.3 Å². The number of carbonyl (C=O) groups is 1. The highest BCUT2D eigenvalue weighted by atomic mass is 32.2. The lowest BCUT2D eigenvalue weighted by Gasteiger charge is -2.14. The lowest BCUT2D eigenvalue weighted by atomic mass is 10.1. The molecular formula is C20H20N6O4S. The molecule has 0 bridgehead atoms. The number of carbonyl (C=O) groups excluding carboxylic acids is 1. The van der Waals surface area contributed by atoms with Gasteiger partial charge in [-0.15, -0.1) is 0 Å². The second-order valence-corrected chi connectivity index (χ2v) is 9.28. The highest BCUT2D eigenvalue weighted by molar-refractivity contribution is 7.89. The Balaban J connectivity index is 1.67. The maximum absolute atomic E-state index is 12.5. The first-order valence-electron chi connectivity index (χ1n) is 9.63. The van der Waals surface area contributed by atoms with E-state index in [0.29, 0.717) is 34.7 Å². The molecule has 1 aromatic carbocycles. The molecule has 0 aliphatic heterocycles. The number of sulfonamides is 1. The molecule has 0 spiro atoms. The van der Waals surface area contributed by atoms with E-state index in [2.05, 4.69) is 21.5 Å². The molecule has 3 N–H and O–H groups in total. The van der Waals surface area contributed by atoms with E-state index >= 15 is 0 Å². The summed E-state index contributed by atoms with van der Waals surface area (Å²) in [6.45, 7) is 0. The molecule has 4 rings (SSSR count). The average Bonchev–Trinajstić information content (AvgIpc) is 3.48. The summed E-state index contributed by atoms with van der Waals surface area (Å²) in [5.74, 6) is -0.0275. The van der Waals surface area contributed by atoms with Crippen molar-refractivity contribution in [2.24, 2.45) is 5.92 Å². The highest BCUT2D eigenvalue weighted by Gasteiger charge is 2.34. The van der Waals surface area contributed by atoms with Crippen LogP contribution in [0.2, 0.25) is 0 Å². The number of nitrogens with zero attached hydrogens (tertiary/aromatic N) is 3. The predicted molar refractivity (Wildman–Crippen MR) is 114 cm³/mol. The third-order valence-electron chi connectivity index (χ3n) is 5.10. The summed E-state index contributed by atoms with van der Waals surface area (Å²) in [4.78, 5) is 27.1. The predicted octanol–water partition coefficient (Wildman–Crippen LogP) is 2.02. The second-order valence-electron chi connectivity index (χ2n) is 7.53. The molecule has 1 saturated carbocycles. The maximum Gasteiger partial charge on any atom is 0.264 e. The Labute approximate surface area is 177 Å². The Kier molecular flexibility index (Phi) is 5.24. The minimum atomic E-state index is -3.66. The summed E-state index contributed by atoms with van der Waals surface area (Å²) >= 11 is 0. The minimum Gasteiger partial charge on any atom is -0.338 e. The van der Waals surface area contributed by atoms with Crippen molar-refractivity contribution in [2.45, 2.75) is 25.3 Å². The van der Waals surface area contributed by atoms with Crippen LogP contribution in [0.1, 0.15) is 35.7 Å². The molecule has 10 nitrogen and oxygen atoms in total. The first kappa shape index (κ1) is 20.6. The van der Waals surface area contributed by atoms with Gasteiger partial charge in [0.1, 0.15) is 5.39 Å². The number of anilines is 2. The van der Waals surface area contributed by atoms with Gasteiger partial charge >= 0.3 is 0 Å². The summed E-state index contributed by atoms with van der Waals surface area (Å²) in [6, 6.07) is 9.99. The van der Waals surface area contributed by atoms with Crippen molar-refractivity contribution >= 4 is 38.3 Å². The quantitative estimate of drug-likeness (QED) is 0.509. The number of hydrogen-bond acceptors (Lipinski definition) is 7. The van der Waals surface area contributed by atoms with E-state index in [0.717, 1.165) is 19.1 Å². The van der Waals surface area contributed by atoms with Gasteiger partial charge in [0, 0.05) is 17.4 Å². The monoisotopic (exact) mass is 440 g/mol.